The molecule has 0 saturated carbocycles. The van der Waals surface area contributed by atoms with Crippen molar-refractivity contribution in [1.29, 1.82) is 5.41 Å². The molecule has 1 aromatic heterocycles. The molecule has 4 N–H and O–H groups in total. The summed E-state index contributed by atoms with van der Waals surface area (Å²) in [6.45, 7) is 1.81. The predicted octanol–water partition coefficient (Wildman–Crippen LogP) is 1.96. The van der Waals surface area contributed by atoms with E-state index in [-0.39, 0.29) is 12.4 Å². The molecule has 2 aromatic rings. The van der Waals surface area contributed by atoms with Crippen molar-refractivity contribution in [2.75, 3.05) is 0 Å². The minimum Gasteiger partial charge on any atom is -0.439 e. The van der Waals surface area contributed by atoms with E-state index in [1.165, 1.54) is 0 Å². The molecule has 0 unspecified atom stereocenters. The Morgan fingerprint density at radius 1 is 1.32 bits per heavy atom. The van der Waals surface area contributed by atoms with Crippen LogP contribution in [0.1, 0.15) is 16.8 Å². The molecule has 0 radical (unpaired) electrons. The molecule has 5 nitrogen and oxygen atoms in total. The standard InChI is InChI=1S/C14H15N3O2/c1-9-6-11(14(15)16)7-13(17-9)19-12-4-2-10(8-18)3-5-12/h2-7,18H,8H2,1H3,(H3,15,16). The van der Waals surface area contributed by atoms with E-state index in [0.29, 0.717) is 17.2 Å². The predicted molar refractivity (Wildman–Crippen MR) is 72.4 cm³/mol. The summed E-state index contributed by atoms with van der Waals surface area (Å²) in [5.41, 5.74) is 7.58. The van der Waals surface area contributed by atoms with Crippen LogP contribution in [-0.4, -0.2) is 15.9 Å². The molecule has 0 fully saturated rings. The maximum Gasteiger partial charge on any atom is 0.220 e. The molecular formula is C14H15N3O2. The number of aliphatic hydroxyl groups excluding tert-OH is 1. The van der Waals surface area contributed by atoms with Crippen LogP contribution in [-0.2, 0) is 6.61 Å². The third-order valence-electron chi connectivity index (χ3n) is 2.57. The zero-order valence-corrected chi connectivity index (χ0v) is 10.6. The second kappa shape index (κ2) is 5.49. The average Bonchev–Trinajstić information content (AvgIpc) is 2.39. The summed E-state index contributed by atoms with van der Waals surface area (Å²) in [5, 5.41) is 16.4. The van der Waals surface area contributed by atoms with Crippen LogP contribution in [0.25, 0.3) is 0 Å². The number of nitrogens with two attached hydrogens (primary N) is 1. The summed E-state index contributed by atoms with van der Waals surface area (Å²) in [4.78, 5) is 4.23. The van der Waals surface area contributed by atoms with Crippen LogP contribution in [0.15, 0.2) is 36.4 Å². The number of benzene rings is 1. The normalized spacial score (nSPS) is 10.2. The van der Waals surface area contributed by atoms with E-state index in [1.807, 2.05) is 6.92 Å². The van der Waals surface area contributed by atoms with Gasteiger partial charge in [-0.15, -0.1) is 0 Å². The molecule has 2 rings (SSSR count). The van der Waals surface area contributed by atoms with Crippen molar-refractivity contribution in [1.82, 2.24) is 4.98 Å². The monoisotopic (exact) mass is 257 g/mol. The van der Waals surface area contributed by atoms with E-state index in [4.69, 9.17) is 21.0 Å². The van der Waals surface area contributed by atoms with Crippen LogP contribution < -0.4 is 10.5 Å². The molecule has 0 bridgehead atoms. The first kappa shape index (κ1) is 13.0. The Bertz CT molecular complexity index is 594. The van der Waals surface area contributed by atoms with Crippen LogP contribution in [0.3, 0.4) is 0 Å². The number of nitrogen functional groups attached to an aromatic ring is 1. The molecule has 0 saturated heterocycles. The van der Waals surface area contributed by atoms with Gasteiger partial charge in [-0.2, -0.15) is 0 Å². The maximum atomic E-state index is 8.96. The van der Waals surface area contributed by atoms with Gasteiger partial charge < -0.3 is 15.6 Å². The van der Waals surface area contributed by atoms with E-state index in [0.717, 1.165) is 11.3 Å². The van der Waals surface area contributed by atoms with Gasteiger partial charge in [0, 0.05) is 17.3 Å². The summed E-state index contributed by atoms with van der Waals surface area (Å²) < 4.78 is 5.60. The van der Waals surface area contributed by atoms with E-state index >= 15 is 0 Å². The van der Waals surface area contributed by atoms with Gasteiger partial charge in [0.1, 0.15) is 11.6 Å². The zero-order chi connectivity index (χ0) is 13.8. The molecule has 0 aliphatic rings. The number of ether oxygens (including phenoxy) is 1. The lowest BCUT2D eigenvalue weighted by atomic mass is 10.2. The molecule has 0 spiro atoms. The topological polar surface area (TPSA) is 92.2 Å². The van der Waals surface area contributed by atoms with Crippen molar-refractivity contribution < 1.29 is 9.84 Å². The maximum absolute atomic E-state index is 8.96. The van der Waals surface area contributed by atoms with Gasteiger partial charge in [0.2, 0.25) is 5.88 Å². The molecule has 0 amide bonds. The number of aryl methyl sites for hydroxylation is 1. The Balaban J connectivity index is 2.24. The van der Waals surface area contributed by atoms with Gasteiger partial charge >= 0.3 is 0 Å². The van der Waals surface area contributed by atoms with Gasteiger partial charge in [-0.05, 0) is 30.7 Å². The Morgan fingerprint density at radius 2 is 2.00 bits per heavy atom. The SMILES string of the molecule is Cc1cc(C(=N)N)cc(Oc2ccc(CO)cc2)n1. The fourth-order valence-corrected chi connectivity index (χ4v) is 1.63. The molecule has 1 aromatic carbocycles. The van der Waals surface area contributed by atoms with E-state index in [1.54, 1.807) is 36.4 Å². The number of rotatable bonds is 4. The highest BCUT2D eigenvalue weighted by molar-refractivity contribution is 5.95. The van der Waals surface area contributed by atoms with E-state index in [9.17, 15) is 0 Å². The fraction of sp³-hybridized carbons (Fsp3) is 0.143. The number of hydrogen-bond donors (Lipinski definition) is 3. The van der Waals surface area contributed by atoms with Crippen molar-refractivity contribution in [3.05, 3.63) is 53.2 Å². The second-order valence-electron chi connectivity index (χ2n) is 4.15. The van der Waals surface area contributed by atoms with Crippen molar-refractivity contribution in [3.8, 4) is 11.6 Å². The number of aromatic nitrogens is 1. The van der Waals surface area contributed by atoms with Crippen LogP contribution >= 0.6 is 0 Å². The van der Waals surface area contributed by atoms with Gasteiger partial charge in [0.15, 0.2) is 0 Å². The highest BCUT2D eigenvalue weighted by Crippen LogP contribution is 2.21. The van der Waals surface area contributed by atoms with Crippen molar-refractivity contribution in [3.63, 3.8) is 0 Å². The van der Waals surface area contributed by atoms with Gasteiger partial charge in [0.25, 0.3) is 0 Å². The molecule has 5 heteroatoms. The second-order valence-corrected chi connectivity index (χ2v) is 4.15. The van der Waals surface area contributed by atoms with Crippen molar-refractivity contribution in [2.24, 2.45) is 5.73 Å². The van der Waals surface area contributed by atoms with Crippen LogP contribution in [0.5, 0.6) is 11.6 Å². The average molecular weight is 257 g/mol. The Labute approximate surface area is 111 Å². The minimum atomic E-state index is -0.0222. The summed E-state index contributed by atoms with van der Waals surface area (Å²) in [5.74, 6) is 0.984. The van der Waals surface area contributed by atoms with Crippen LogP contribution in [0, 0.1) is 12.3 Å². The highest BCUT2D eigenvalue weighted by Gasteiger charge is 2.05. The molecule has 98 valence electrons. The number of aliphatic hydroxyl groups is 1. The summed E-state index contributed by atoms with van der Waals surface area (Å²) in [6.07, 6.45) is 0. The molecule has 19 heavy (non-hydrogen) atoms. The third-order valence-corrected chi connectivity index (χ3v) is 2.57. The summed E-state index contributed by atoms with van der Waals surface area (Å²) in [6, 6.07) is 10.4. The lowest BCUT2D eigenvalue weighted by Crippen LogP contribution is -2.11. The Hall–Kier alpha value is -2.40. The molecule has 0 atom stereocenters. The van der Waals surface area contributed by atoms with Gasteiger partial charge in [-0.25, -0.2) is 4.98 Å². The fourth-order valence-electron chi connectivity index (χ4n) is 1.63. The zero-order valence-electron chi connectivity index (χ0n) is 10.6. The van der Waals surface area contributed by atoms with Crippen molar-refractivity contribution in [2.45, 2.75) is 13.5 Å². The lowest BCUT2D eigenvalue weighted by Gasteiger charge is -2.08. The number of nitrogens with one attached hydrogen (secondary N) is 1. The number of nitrogens with zero attached hydrogens (tertiary/aromatic N) is 1. The molecule has 1 heterocycles. The summed E-state index contributed by atoms with van der Waals surface area (Å²) >= 11 is 0. The van der Waals surface area contributed by atoms with Crippen LogP contribution in [0.4, 0.5) is 0 Å². The van der Waals surface area contributed by atoms with Gasteiger partial charge in [0.05, 0.1) is 6.61 Å². The Morgan fingerprint density at radius 3 is 2.58 bits per heavy atom. The number of hydrogen-bond acceptors (Lipinski definition) is 4. The first-order valence-electron chi connectivity index (χ1n) is 5.79. The summed E-state index contributed by atoms with van der Waals surface area (Å²) in [7, 11) is 0. The first-order valence-corrected chi connectivity index (χ1v) is 5.79. The molecule has 0 aliphatic carbocycles. The highest BCUT2D eigenvalue weighted by atomic mass is 16.5. The molecular weight excluding hydrogens is 242 g/mol. The van der Waals surface area contributed by atoms with Crippen LogP contribution in [0.2, 0.25) is 0 Å². The van der Waals surface area contributed by atoms with E-state index < -0.39 is 0 Å². The first-order chi connectivity index (χ1) is 9.08. The number of amidine groups is 1. The Kier molecular flexibility index (Phi) is 3.77. The van der Waals surface area contributed by atoms with E-state index in [2.05, 4.69) is 4.98 Å². The van der Waals surface area contributed by atoms with Gasteiger partial charge in [-0.1, -0.05) is 12.1 Å². The molecule has 0 aliphatic heterocycles. The lowest BCUT2D eigenvalue weighted by molar-refractivity contribution is 0.281. The third kappa shape index (κ3) is 3.29. The smallest absolute Gasteiger partial charge is 0.220 e. The number of pyridine rings is 1. The quantitative estimate of drug-likeness (QED) is 0.576. The van der Waals surface area contributed by atoms with Gasteiger partial charge in [-0.3, -0.25) is 5.41 Å². The van der Waals surface area contributed by atoms with Crippen molar-refractivity contribution >= 4 is 5.84 Å². The largest absolute Gasteiger partial charge is 0.439 e. The minimum absolute atomic E-state index is 0.00252.